The Bertz CT molecular complexity index is 917. The number of carbonyl (C=O) groups is 1. The molecule has 0 fully saturated rings. The van der Waals surface area contributed by atoms with Crippen LogP contribution in [0, 0.1) is 11.3 Å². The second kappa shape index (κ2) is 9.20. The molecule has 1 aromatic heterocycles. The summed E-state index contributed by atoms with van der Waals surface area (Å²) in [6, 6.07) is 7.08. The molecule has 5 nitrogen and oxygen atoms in total. The number of hydrogen-bond donors (Lipinski definition) is 0. The number of benzene rings is 1. The normalized spacial score (nSPS) is 12.1. The highest BCUT2D eigenvalue weighted by atomic mass is 35.5. The van der Waals surface area contributed by atoms with Crippen LogP contribution in [0.1, 0.15) is 56.0 Å². The molecule has 144 valence electrons. The van der Waals surface area contributed by atoms with Gasteiger partial charge in [-0.05, 0) is 69.8 Å². The van der Waals surface area contributed by atoms with E-state index in [4.69, 9.17) is 21.6 Å². The highest BCUT2D eigenvalue weighted by molar-refractivity contribution is 7.04. The number of unbranched alkanes of at least 4 members (excludes halogenated alkanes) is 2. The molecule has 0 aliphatic rings. The fourth-order valence-electron chi connectivity index (χ4n) is 2.49. The Kier molecular flexibility index (Phi) is 7.23. The highest BCUT2D eigenvalue weighted by Crippen LogP contribution is 2.24. The first-order chi connectivity index (χ1) is 12.8. The second-order valence-corrected chi connectivity index (χ2v) is 8.57. The molecule has 1 heterocycles. The molecule has 0 unspecified atom stereocenters. The molecule has 2 aromatic rings. The number of ether oxygens (including phenoxy) is 1. The van der Waals surface area contributed by atoms with Crippen molar-refractivity contribution in [2.24, 2.45) is 4.99 Å². The monoisotopic (exact) mass is 405 g/mol. The Morgan fingerprint density at radius 2 is 2.11 bits per heavy atom. The molecule has 7 heteroatoms. The third kappa shape index (κ3) is 5.69. The number of methoxy groups -OCH3 is 1. The fourth-order valence-corrected chi connectivity index (χ4v) is 3.70. The zero-order valence-corrected chi connectivity index (χ0v) is 17.7. The first-order valence-corrected chi connectivity index (χ1v) is 9.93. The third-order valence-electron chi connectivity index (χ3n) is 3.97. The van der Waals surface area contributed by atoms with Crippen molar-refractivity contribution in [3.63, 3.8) is 0 Å². The average molecular weight is 406 g/mol. The minimum Gasteiger partial charge on any atom is -0.496 e. The number of aryl methyl sites for hydroxylation is 1. The van der Waals surface area contributed by atoms with E-state index in [2.05, 4.69) is 42.0 Å². The molecule has 0 atom stereocenters. The molecule has 0 saturated carbocycles. The van der Waals surface area contributed by atoms with Crippen molar-refractivity contribution in [3.05, 3.63) is 45.2 Å². The van der Waals surface area contributed by atoms with Crippen LogP contribution in [0.15, 0.2) is 29.4 Å². The van der Waals surface area contributed by atoms with E-state index in [1.807, 2.05) is 0 Å². The van der Waals surface area contributed by atoms with Gasteiger partial charge in [0.1, 0.15) is 10.4 Å². The maximum Gasteiger partial charge on any atom is 0.282 e. The lowest BCUT2D eigenvalue weighted by Crippen LogP contribution is -2.18. The molecular formula is C20H24ClN3O2S. The lowest BCUT2D eigenvalue weighted by molar-refractivity contribution is 0.0996. The summed E-state index contributed by atoms with van der Waals surface area (Å²) in [4.78, 5) is 17.1. The zero-order valence-electron chi connectivity index (χ0n) is 16.1. The Morgan fingerprint density at radius 1 is 1.37 bits per heavy atom. The zero-order chi connectivity index (χ0) is 20.0. The van der Waals surface area contributed by atoms with Crippen molar-refractivity contribution >= 4 is 29.0 Å². The number of hydrogen-bond acceptors (Lipinski definition) is 4. The van der Waals surface area contributed by atoms with Gasteiger partial charge < -0.3 is 4.74 Å². The standard InChI is InChI=1S/C20H24ClN3O2S/c1-20(2,3)24-13-14(8-6-5-7-11-22)19(27-24)23-18(25)16-12-15(21)9-10-17(16)26-4/h9-10,12-13H,5-8H2,1-4H3. The molecule has 0 aliphatic heterocycles. The van der Waals surface area contributed by atoms with Crippen LogP contribution in [0.4, 0.5) is 0 Å². The van der Waals surface area contributed by atoms with Gasteiger partial charge in [-0.3, -0.25) is 8.75 Å². The lowest BCUT2D eigenvalue weighted by atomic mass is 10.1. The van der Waals surface area contributed by atoms with Gasteiger partial charge in [-0.15, -0.1) is 0 Å². The number of nitrogens with zero attached hydrogens (tertiary/aromatic N) is 3. The molecule has 0 saturated heterocycles. The summed E-state index contributed by atoms with van der Waals surface area (Å²) in [7, 11) is 1.51. The molecule has 0 N–H and O–H groups in total. The van der Waals surface area contributed by atoms with Crippen LogP contribution in [-0.2, 0) is 12.0 Å². The van der Waals surface area contributed by atoms with E-state index in [0.717, 1.165) is 24.8 Å². The third-order valence-corrected chi connectivity index (χ3v) is 5.58. The van der Waals surface area contributed by atoms with E-state index in [-0.39, 0.29) is 11.4 Å². The van der Waals surface area contributed by atoms with Crippen LogP contribution in [-0.4, -0.2) is 17.0 Å². The smallest absolute Gasteiger partial charge is 0.282 e. The molecule has 1 aromatic carbocycles. The van der Waals surface area contributed by atoms with Crippen molar-refractivity contribution in [1.82, 2.24) is 3.96 Å². The Labute approximate surface area is 169 Å². The first kappa shape index (κ1) is 21.2. The van der Waals surface area contributed by atoms with Crippen LogP contribution in [0.5, 0.6) is 5.75 Å². The minimum atomic E-state index is -0.379. The van der Waals surface area contributed by atoms with E-state index in [1.165, 1.54) is 18.6 Å². The van der Waals surface area contributed by atoms with Gasteiger partial charge in [0.2, 0.25) is 0 Å². The van der Waals surface area contributed by atoms with Crippen LogP contribution in [0.2, 0.25) is 5.02 Å². The van der Waals surface area contributed by atoms with E-state index in [9.17, 15) is 4.79 Å². The van der Waals surface area contributed by atoms with Gasteiger partial charge >= 0.3 is 0 Å². The van der Waals surface area contributed by atoms with Crippen molar-refractivity contribution in [1.29, 1.82) is 5.26 Å². The topological polar surface area (TPSA) is 67.4 Å². The molecule has 0 aliphatic carbocycles. The second-order valence-electron chi connectivity index (χ2n) is 7.17. The van der Waals surface area contributed by atoms with Crippen molar-refractivity contribution in [2.75, 3.05) is 7.11 Å². The van der Waals surface area contributed by atoms with Gasteiger partial charge in [0.05, 0.1) is 18.7 Å². The van der Waals surface area contributed by atoms with Crippen molar-refractivity contribution < 1.29 is 9.53 Å². The number of nitriles is 1. The highest BCUT2D eigenvalue weighted by Gasteiger charge is 2.17. The van der Waals surface area contributed by atoms with Crippen LogP contribution >= 0.6 is 23.1 Å². The molecule has 0 radical (unpaired) electrons. The number of aromatic nitrogens is 1. The number of rotatable bonds is 6. The van der Waals surface area contributed by atoms with Crippen molar-refractivity contribution in [3.8, 4) is 11.8 Å². The van der Waals surface area contributed by atoms with Gasteiger partial charge in [-0.1, -0.05) is 11.6 Å². The summed E-state index contributed by atoms with van der Waals surface area (Å²) in [6.07, 6.45) is 5.08. The van der Waals surface area contributed by atoms with Crippen LogP contribution in [0.3, 0.4) is 0 Å². The van der Waals surface area contributed by atoms with Crippen molar-refractivity contribution in [2.45, 2.75) is 52.0 Å². The summed E-state index contributed by atoms with van der Waals surface area (Å²) in [5.41, 5.74) is 1.26. The molecule has 27 heavy (non-hydrogen) atoms. The summed E-state index contributed by atoms with van der Waals surface area (Å²) < 4.78 is 8.06. The molecule has 1 amide bonds. The van der Waals surface area contributed by atoms with E-state index in [1.54, 1.807) is 18.2 Å². The fraction of sp³-hybridized carbons (Fsp3) is 0.450. The summed E-state index contributed by atoms with van der Waals surface area (Å²) >= 11 is 7.50. The summed E-state index contributed by atoms with van der Waals surface area (Å²) in [6.45, 7) is 6.32. The maximum atomic E-state index is 12.8. The summed E-state index contributed by atoms with van der Waals surface area (Å²) in [5, 5.41) is 9.17. The summed E-state index contributed by atoms with van der Waals surface area (Å²) in [5.74, 6) is 0.0690. The molecule has 2 rings (SSSR count). The minimum absolute atomic E-state index is 0.101. The van der Waals surface area contributed by atoms with Gasteiger partial charge in [-0.25, -0.2) is 0 Å². The predicted molar refractivity (Wildman–Crippen MR) is 108 cm³/mol. The van der Waals surface area contributed by atoms with E-state index >= 15 is 0 Å². The number of amides is 1. The quantitative estimate of drug-likeness (QED) is 0.639. The molecule has 0 spiro atoms. The van der Waals surface area contributed by atoms with Crippen LogP contribution in [0.25, 0.3) is 0 Å². The lowest BCUT2D eigenvalue weighted by Gasteiger charge is -2.19. The number of carbonyl (C=O) groups excluding carboxylic acids is 1. The van der Waals surface area contributed by atoms with E-state index < -0.39 is 0 Å². The maximum absolute atomic E-state index is 12.8. The predicted octanol–water partition coefficient (Wildman–Crippen LogP) is 4.94. The molecule has 0 bridgehead atoms. The average Bonchev–Trinajstić information content (AvgIpc) is 3.01. The van der Waals surface area contributed by atoms with Gasteiger partial charge in [0.15, 0.2) is 0 Å². The Balaban J connectivity index is 2.42. The van der Waals surface area contributed by atoms with E-state index in [0.29, 0.717) is 27.4 Å². The number of halogens is 1. The largest absolute Gasteiger partial charge is 0.496 e. The van der Waals surface area contributed by atoms with Gasteiger partial charge in [-0.2, -0.15) is 10.3 Å². The first-order valence-electron chi connectivity index (χ1n) is 8.78. The Morgan fingerprint density at radius 3 is 2.74 bits per heavy atom. The molecular weight excluding hydrogens is 382 g/mol. The van der Waals surface area contributed by atoms with Gasteiger partial charge in [0.25, 0.3) is 5.91 Å². The van der Waals surface area contributed by atoms with Gasteiger partial charge in [0, 0.05) is 28.7 Å². The van der Waals surface area contributed by atoms with Crippen LogP contribution < -0.4 is 9.41 Å². The Hall–Kier alpha value is -2.10. The SMILES string of the molecule is COc1ccc(Cl)cc1C(=O)N=c1sn(C(C)(C)C)cc1CCCCC#N.